The highest BCUT2D eigenvalue weighted by Gasteiger charge is 2.37. The number of carboxylic acid groups (broad SMARTS) is 1. The second kappa shape index (κ2) is 5.48. The van der Waals surface area contributed by atoms with Crippen LogP contribution in [0.4, 0.5) is 0 Å². The molecular formula is C12H16N2O3S. The largest absolute Gasteiger partial charge is 0.481 e. The van der Waals surface area contributed by atoms with E-state index in [1.807, 2.05) is 6.92 Å². The number of carbonyl (C=O) groups is 2. The van der Waals surface area contributed by atoms with Crippen molar-refractivity contribution < 1.29 is 14.7 Å². The summed E-state index contributed by atoms with van der Waals surface area (Å²) in [7, 11) is 0. The van der Waals surface area contributed by atoms with Crippen LogP contribution >= 0.6 is 11.3 Å². The summed E-state index contributed by atoms with van der Waals surface area (Å²) in [5.74, 6) is -1.93. The van der Waals surface area contributed by atoms with Crippen LogP contribution in [0.15, 0.2) is 6.20 Å². The predicted octanol–water partition coefficient (Wildman–Crippen LogP) is 1.57. The van der Waals surface area contributed by atoms with Crippen LogP contribution in [0, 0.1) is 18.8 Å². The summed E-state index contributed by atoms with van der Waals surface area (Å²) in [4.78, 5) is 28.2. The summed E-state index contributed by atoms with van der Waals surface area (Å²) < 4.78 is 0. The molecule has 6 heteroatoms. The summed E-state index contributed by atoms with van der Waals surface area (Å²) in [5.41, 5.74) is 0. The van der Waals surface area contributed by atoms with Crippen molar-refractivity contribution in [1.82, 2.24) is 10.3 Å². The second-order valence-corrected chi connectivity index (χ2v) is 5.88. The number of carboxylic acids is 1. The Hall–Kier alpha value is -1.43. The Kier molecular flexibility index (Phi) is 3.96. The third-order valence-corrected chi connectivity index (χ3v) is 4.17. The van der Waals surface area contributed by atoms with Gasteiger partial charge in [-0.1, -0.05) is 6.42 Å². The lowest BCUT2D eigenvalue weighted by Gasteiger charge is -2.14. The Morgan fingerprint density at radius 2 is 2.22 bits per heavy atom. The zero-order valence-electron chi connectivity index (χ0n) is 10.2. The van der Waals surface area contributed by atoms with Crippen LogP contribution in [0.3, 0.4) is 0 Å². The van der Waals surface area contributed by atoms with E-state index in [9.17, 15) is 9.59 Å². The number of thiazole rings is 1. The average Bonchev–Trinajstić information content (AvgIpc) is 2.94. The minimum atomic E-state index is -0.863. The first kappa shape index (κ1) is 13.0. The van der Waals surface area contributed by atoms with Gasteiger partial charge in [0.2, 0.25) is 5.91 Å². The third kappa shape index (κ3) is 2.87. The van der Waals surface area contributed by atoms with E-state index in [1.165, 1.54) is 11.3 Å². The van der Waals surface area contributed by atoms with Gasteiger partial charge in [0.1, 0.15) is 5.01 Å². The highest BCUT2D eigenvalue weighted by atomic mass is 32.1. The molecule has 2 atom stereocenters. The highest BCUT2D eigenvalue weighted by Crippen LogP contribution is 2.32. The van der Waals surface area contributed by atoms with Crippen molar-refractivity contribution in [1.29, 1.82) is 0 Å². The Bertz CT molecular complexity index is 458. The molecule has 0 spiro atoms. The summed E-state index contributed by atoms with van der Waals surface area (Å²) in [6.07, 6.45) is 3.84. The van der Waals surface area contributed by atoms with E-state index < -0.39 is 11.9 Å². The first-order valence-electron chi connectivity index (χ1n) is 5.99. The number of amides is 1. The maximum absolute atomic E-state index is 11.9. The Balaban J connectivity index is 1.89. The topological polar surface area (TPSA) is 79.3 Å². The van der Waals surface area contributed by atoms with Gasteiger partial charge >= 0.3 is 5.97 Å². The van der Waals surface area contributed by atoms with Gasteiger partial charge in [0.05, 0.1) is 18.4 Å². The van der Waals surface area contributed by atoms with Crippen molar-refractivity contribution in [2.75, 3.05) is 0 Å². The van der Waals surface area contributed by atoms with Gasteiger partial charge in [-0.3, -0.25) is 9.59 Å². The van der Waals surface area contributed by atoms with Gasteiger partial charge in [-0.25, -0.2) is 4.98 Å². The van der Waals surface area contributed by atoms with Crippen LogP contribution < -0.4 is 5.32 Å². The number of rotatable bonds is 4. The monoisotopic (exact) mass is 268 g/mol. The molecular weight excluding hydrogens is 252 g/mol. The van der Waals surface area contributed by atoms with Crippen molar-refractivity contribution >= 4 is 23.2 Å². The van der Waals surface area contributed by atoms with Crippen LogP contribution in [-0.4, -0.2) is 22.0 Å². The molecule has 1 amide bonds. The number of nitrogens with zero attached hydrogens (tertiary/aromatic N) is 1. The molecule has 0 aliphatic heterocycles. The number of aromatic nitrogens is 1. The molecule has 1 saturated carbocycles. The number of aliphatic carboxylic acids is 1. The van der Waals surface area contributed by atoms with Crippen LogP contribution in [0.2, 0.25) is 0 Å². The molecule has 1 aliphatic carbocycles. The van der Waals surface area contributed by atoms with Crippen LogP contribution in [0.5, 0.6) is 0 Å². The average molecular weight is 268 g/mol. The Morgan fingerprint density at radius 3 is 2.83 bits per heavy atom. The fourth-order valence-electron chi connectivity index (χ4n) is 2.35. The van der Waals surface area contributed by atoms with E-state index in [-0.39, 0.29) is 11.8 Å². The third-order valence-electron chi connectivity index (χ3n) is 3.25. The molecule has 0 bridgehead atoms. The van der Waals surface area contributed by atoms with E-state index in [1.54, 1.807) is 6.20 Å². The van der Waals surface area contributed by atoms with Gasteiger partial charge in [-0.2, -0.15) is 0 Å². The van der Waals surface area contributed by atoms with Crippen molar-refractivity contribution in [3.8, 4) is 0 Å². The zero-order chi connectivity index (χ0) is 13.1. The van der Waals surface area contributed by atoms with Crippen molar-refractivity contribution in [3.63, 3.8) is 0 Å². The number of nitrogens with one attached hydrogen (secondary N) is 1. The molecule has 5 nitrogen and oxygen atoms in total. The molecule has 18 heavy (non-hydrogen) atoms. The lowest BCUT2D eigenvalue weighted by molar-refractivity contribution is -0.146. The van der Waals surface area contributed by atoms with Gasteiger partial charge in [-0.15, -0.1) is 11.3 Å². The SMILES string of the molecule is Cc1cnc(CNC(=O)[C@@H]2CCC[C@@H]2C(=O)O)s1. The van der Waals surface area contributed by atoms with E-state index in [0.29, 0.717) is 19.4 Å². The Labute approximate surface area is 109 Å². The molecule has 0 unspecified atom stereocenters. The van der Waals surface area contributed by atoms with Gasteiger partial charge < -0.3 is 10.4 Å². The molecule has 2 rings (SSSR count). The zero-order valence-corrected chi connectivity index (χ0v) is 11.0. The highest BCUT2D eigenvalue weighted by molar-refractivity contribution is 7.11. The second-order valence-electron chi connectivity index (χ2n) is 4.56. The summed E-state index contributed by atoms with van der Waals surface area (Å²) in [5, 5.41) is 12.7. The molecule has 0 saturated heterocycles. The molecule has 98 valence electrons. The number of aryl methyl sites for hydroxylation is 1. The maximum Gasteiger partial charge on any atom is 0.307 e. The quantitative estimate of drug-likeness (QED) is 0.868. The first-order valence-corrected chi connectivity index (χ1v) is 6.81. The van der Waals surface area contributed by atoms with Crippen LogP contribution in [0.25, 0.3) is 0 Å². The molecule has 1 aromatic heterocycles. The summed E-state index contributed by atoms with van der Waals surface area (Å²) >= 11 is 1.54. The molecule has 1 aromatic rings. The van der Waals surface area contributed by atoms with Crippen molar-refractivity contribution in [2.24, 2.45) is 11.8 Å². The van der Waals surface area contributed by atoms with E-state index in [4.69, 9.17) is 5.11 Å². The summed E-state index contributed by atoms with van der Waals surface area (Å²) in [6.45, 7) is 2.35. The standard InChI is InChI=1S/C12H16N2O3S/c1-7-5-13-10(18-7)6-14-11(15)8-3-2-4-9(8)12(16)17/h5,8-9H,2-4,6H2,1H3,(H,14,15)(H,16,17)/t8-,9+/m1/s1. The number of hydrogen-bond acceptors (Lipinski definition) is 4. The van der Waals surface area contributed by atoms with Gasteiger partial charge in [0, 0.05) is 11.1 Å². The van der Waals surface area contributed by atoms with Crippen molar-refractivity contribution in [3.05, 3.63) is 16.1 Å². The number of carbonyl (C=O) groups excluding carboxylic acids is 1. The maximum atomic E-state index is 11.9. The van der Waals surface area contributed by atoms with Gasteiger partial charge in [0.15, 0.2) is 0 Å². The van der Waals surface area contributed by atoms with E-state index in [2.05, 4.69) is 10.3 Å². The molecule has 1 fully saturated rings. The fourth-order valence-corrected chi connectivity index (χ4v) is 3.07. The van der Waals surface area contributed by atoms with Gasteiger partial charge in [0.25, 0.3) is 0 Å². The lowest BCUT2D eigenvalue weighted by Crippen LogP contribution is -2.34. The van der Waals surface area contributed by atoms with Crippen LogP contribution in [0.1, 0.15) is 29.1 Å². The minimum Gasteiger partial charge on any atom is -0.481 e. The fraction of sp³-hybridized carbons (Fsp3) is 0.583. The number of hydrogen-bond donors (Lipinski definition) is 2. The lowest BCUT2D eigenvalue weighted by atomic mass is 9.95. The van der Waals surface area contributed by atoms with Crippen molar-refractivity contribution in [2.45, 2.75) is 32.7 Å². The van der Waals surface area contributed by atoms with Gasteiger partial charge in [-0.05, 0) is 19.8 Å². The van der Waals surface area contributed by atoms with E-state index in [0.717, 1.165) is 16.3 Å². The first-order chi connectivity index (χ1) is 8.58. The molecule has 2 N–H and O–H groups in total. The molecule has 0 aromatic carbocycles. The summed E-state index contributed by atoms with van der Waals surface area (Å²) in [6, 6.07) is 0. The minimum absolute atomic E-state index is 0.159. The van der Waals surface area contributed by atoms with Crippen LogP contribution in [-0.2, 0) is 16.1 Å². The molecule has 1 heterocycles. The van der Waals surface area contributed by atoms with E-state index >= 15 is 0 Å². The normalized spacial score (nSPS) is 22.9. The molecule has 1 aliphatic rings. The smallest absolute Gasteiger partial charge is 0.307 e. The molecule has 0 radical (unpaired) electrons. The Morgan fingerprint density at radius 1 is 1.50 bits per heavy atom. The predicted molar refractivity (Wildman–Crippen MR) is 67.2 cm³/mol.